The Hall–Kier alpha value is -1.99. The van der Waals surface area contributed by atoms with E-state index >= 15 is 0 Å². The Bertz CT molecular complexity index is 669. The van der Waals surface area contributed by atoms with Crippen LogP contribution in [0, 0.1) is 5.92 Å². The molecule has 2 amide bonds. The first-order chi connectivity index (χ1) is 13.7. The zero-order valence-electron chi connectivity index (χ0n) is 16.5. The number of likely N-dealkylation sites (tertiary alicyclic amines) is 2. The average molecular weight is 386 g/mol. The molecular weight excluding hydrogens is 356 g/mol. The highest BCUT2D eigenvalue weighted by molar-refractivity contribution is 5.92. The predicted octanol–water partition coefficient (Wildman–Crippen LogP) is 1.26. The summed E-state index contributed by atoms with van der Waals surface area (Å²) in [6.45, 7) is 6.21. The second-order valence-corrected chi connectivity index (χ2v) is 8.01. The summed E-state index contributed by atoms with van der Waals surface area (Å²) < 4.78 is 5.37. The van der Waals surface area contributed by atoms with Gasteiger partial charge in [-0.3, -0.25) is 19.5 Å². The summed E-state index contributed by atoms with van der Waals surface area (Å²) in [7, 11) is 0. The van der Waals surface area contributed by atoms with Gasteiger partial charge in [0.25, 0.3) is 5.91 Å². The Morgan fingerprint density at radius 3 is 2.46 bits per heavy atom. The minimum atomic E-state index is 0.0260. The second-order valence-electron chi connectivity index (χ2n) is 8.01. The van der Waals surface area contributed by atoms with Crippen molar-refractivity contribution in [1.82, 2.24) is 19.7 Å². The number of amides is 2. The highest BCUT2D eigenvalue weighted by Crippen LogP contribution is 2.25. The van der Waals surface area contributed by atoms with Crippen molar-refractivity contribution in [3.05, 3.63) is 30.1 Å². The van der Waals surface area contributed by atoms with Gasteiger partial charge in [-0.2, -0.15) is 0 Å². The molecule has 3 fully saturated rings. The fraction of sp³-hybridized carbons (Fsp3) is 0.667. The smallest absolute Gasteiger partial charge is 0.272 e. The van der Waals surface area contributed by atoms with Gasteiger partial charge in [-0.15, -0.1) is 0 Å². The molecule has 0 saturated carbocycles. The van der Waals surface area contributed by atoms with Gasteiger partial charge < -0.3 is 14.5 Å². The van der Waals surface area contributed by atoms with Crippen LogP contribution in [0.3, 0.4) is 0 Å². The summed E-state index contributed by atoms with van der Waals surface area (Å²) in [4.78, 5) is 36.0. The predicted molar refractivity (Wildman–Crippen MR) is 105 cm³/mol. The molecule has 1 atom stereocenters. The van der Waals surface area contributed by atoms with Crippen molar-refractivity contribution in [2.24, 2.45) is 5.92 Å². The zero-order valence-corrected chi connectivity index (χ0v) is 16.5. The Morgan fingerprint density at radius 1 is 0.964 bits per heavy atom. The maximum absolute atomic E-state index is 12.9. The molecule has 4 heterocycles. The van der Waals surface area contributed by atoms with Crippen molar-refractivity contribution in [1.29, 1.82) is 0 Å². The topological polar surface area (TPSA) is 66.0 Å². The number of hydrogen-bond donors (Lipinski definition) is 0. The number of pyridine rings is 1. The van der Waals surface area contributed by atoms with Crippen molar-refractivity contribution in [3.63, 3.8) is 0 Å². The van der Waals surface area contributed by atoms with E-state index in [2.05, 4.69) is 9.88 Å². The monoisotopic (exact) mass is 386 g/mol. The van der Waals surface area contributed by atoms with Crippen molar-refractivity contribution in [2.75, 3.05) is 52.5 Å². The van der Waals surface area contributed by atoms with E-state index in [1.807, 2.05) is 21.9 Å². The standard InChI is InChI=1S/C21H30N4O3/c26-20(24-12-14-28-15-13-24)17-4-3-9-25(16-17)18-6-10-23(11-7-18)21(27)19-5-1-2-8-22-19/h1-2,5,8,17-18H,3-4,6-7,9-16H2/t17-/m1/s1. The quantitative estimate of drug-likeness (QED) is 0.782. The molecule has 3 aliphatic heterocycles. The van der Waals surface area contributed by atoms with Gasteiger partial charge in [-0.1, -0.05) is 6.07 Å². The van der Waals surface area contributed by atoms with Crippen molar-refractivity contribution in [2.45, 2.75) is 31.7 Å². The maximum Gasteiger partial charge on any atom is 0.272 e. The highest BCUT2D eigenvalue weighted by atomic mass is 16.5. The Labute approximate surface area is 166 Å². The third-order valence-electron chi connectivity index (χ3n) is 6.28. The SMILES string of the molecule is O=C(c1ccccn1)N1CCC(N2CCC[C@@H](C(=O)N3CCOCC3)C2)CC1. The summed E-state index contributed by atoms with van der Waals surface area (Å²) in [5.41, 5.74) is 0.523. The Kier molecular flexibility index (Phi) is 6.22. The molecule has 0 aromatic carbocycles. The summed E-state index contributed by atoms with van der Waals surface area (Å²) in [5.74, 6) is 0.439. The molecule has 0 bridgehead atoms. The van der Waals surface area contributed by atoms with Crippen LogP contribution in [0.15, 0.2) is 24.4 Å². The van der Waals surface area contributed by atoms with E-state index < -0.39 is 0 Å². The number of rotatable bonds is 3. The van der Waals surface area contributed by atoms with Gasteiger partial charge in [-0.05, 0) is 44.4 Å². The van der Waals surface area contributed by atoms with Gasteiger partial charge >= 0.3 is 0 Å². The van der Waals surface area contributed by atoms with Gasteiger partial charge in [0.2, 0.25) is 5.91 Å². The zero-order chi connectivity index (χ0) is 19.3. The lowest BCUT2D eigenvalue weighted by Crippen LogP contribution is -2.53. The number of hydrogen-bond acceptors (Lipinski definition) is 5. The molecule has 3 saturated heterocycles. The minimum Gasteiger partial charge on any atom is -0.378 e. The van der Waals surface area contributed by atoms with Gasteiger partial charge in [0.15, 0.2) is 0 Å². The van der Waals surface area contributed by atoms with Crippen LogP contribution in [0.1, 0.15) is 36.2 Å². The van der Waals surface area contributed by atoms with E-state index in [0.29, 0.717) is 30.9 Å². The number of morpholine rings is 1. The number of carbonyl (C=O) groups excluding carboxylic acids is 2. The Balaban J connectivity index is 1.29. The first-order valence-electron chi connectivity index (χ1n) is 10.5. The van der Waals surface area contributed by atoms with Crippen molar-refractivity contribution >= 4 is 11.8 Å². The summed E-state index contributed by atoms with van der Waals surface area (Å²) in [6.07, 6.45) is 5.67. The third-order valence-corrected chi connectivity index (χ3v) is 6.28. The lowest BCUT2D eigenvalue weighted by Gasteiger charge is -2.43. The van der Waals surface area contributed by atoms with E-state index in [1.165, 1.54) is 0 Å². The molecule has 4 rings (SSSR count). The minimum absolute atomic E-state index is 0.0260. The number of piperidine rings is 2. The number of aromatic nitrogens is 1. The number of carbonyl (C=O) groups is 2. The molecule has 0 N–H and O–H groups in total. The second kappa shape index (κ2) is 9.01. The van der Waals surface area contributed by atoms with E-state index in [1.54, 1.807) is 12.3 Å². The third kappa shape index (κ3) is 4.36. The normalized spacial score (nSPS) is 24.9. The molecule has 0 aliphatic carbocycles. The van der Waals surface area contributed by atoms with E-state index in [4.69, 9.17) is 4.74 Å². The van der Waals surface area contributed by atoms with Crippen LogP contribution in [-0.2, 0) is 9.53 Å². The fourth-order valence-corrected chi connectivity index (χ4v) is 4.67. The fourth-order valence-electron chi connectivity index (χ4n) is 4.67. The van der Waals surface area contributed by atoms with Crippen LogP contribution in [0.25, 0.3) is 0 Å². The molecule has 7 nitrogen and oxygen atoms in total. The number of nitrogens with zero attached hydrogens (tertiary/aromatic N) is 4. The van der Waals surface area contributed by atoms with Crippen LogP contribution in [0.4, 0.5) is 0 Å². The van der Waals surface area contributed by atoms with Crippen LogP contribution < -0.4 is 0 Å². The molecule has 0 radical (unpaired) electrons. The molecular formula is C21H30N4O3. The maximum atomic E-state index is 12.9. The van der Waals surface area contributed by atoms with Crippen LogP contribution in [0.5, 0.6) is 0 Å². The average Bonchev–Trinajstić information content (AvgIpc) is 2.79. The highest BCUT2D eigenvalue weighted by Gasteiger charge is 2.34. The van der Waals surface area contributed by atoms with E-state index in [-0.39, 0.29) is 11.8 Å². The summed E-state index contributed by atoms with van der Waals surface area (Å²) in [5, 5.41) is 0. The van der Waals surface area contributed by atoms with E-state index in [0.717, 1.165) is 65.0 Å². The molecule has 152 valence electrons. The van der Waals surface area contributed by atoms with Gasteiger partial charge in [-0.25, -0.2) is 0 Å². The lowest BCUT2D eigenvalue weighted by molar-refractivity contribution is -0.141. The van der Waals surface area contributed by atoms with Gasteiger partial charge in [0.05, 0.1) is 19.1 Å². The van der Waals surface area contributed by atoms with Gasteiger partial charge in [0.1, 0.15) is 5.69 Å². The van der Waals surface area contributed by atoms with Crippen molar-refractivity contribution in [3.8, 4) is 0 Å². The molecule has 3 aliphatic rings. The molecule has 1 aromatic heterocycles. The largest absolute Gasteiger partial charge is 0.378 e. The first kappa shape index (κ1) is 19.3. The van der Waals surface area contributed by atoms with Crippen molar-refractivity contribution < 1.29 is 14.3 Å². The Morgan fingerprint density at radius 2 is 1.75 bits per heavy atom. The van der Waals surface area contributed by atoms with Gasteiger partial charge in [0, 0.05) is 45.0 Å². The van der Waals surface area contributed by atoms with Crippen LogP contribution in [0.2, 0.25) is 0 Å². The summed E-state index contributed by atoms with van der Waals surface area (Å²) >= 11 is 0. The first-order valence-corrected chi connectivity index (χ1v) is 10.5. The van der Waals surface area contributed by atoms with Crippen LogP contribution >= 0.6 is 0 Å². The summed E-state index contributed by atoms with van der Waals surface area (Å²) in [6, 6.07) is 5.93. The number of ether oxygens (including phenoxy) is 1. The van der Waals surface area contributed by atoms with Crippen LogP contribution in [-0.4, -0.2) is 90.0 Å². The van der Waals surface area contributed by atoms with E-state index in [9.17, 15) is 9.59 Å². The lowest BCUT2D eigenvalue weighted by atomic mass is 9.92. The molecule has 1 aromatic rings. The molecule has 7 heteroatoms. The molecule has 0 unspecified atom stereocenters. The molecule has 0 spiro atoms. The molecule has 28 heavy (non-hydrogen) atoms.